The third-order valence-corrected chi connectivity index (χ3v) is 13.1. The lowest BCUT2D eigenvalue weighted by atomic mass is 9.84. The highest BCUT2D eigenvalue weighted by molar-refractivity contribution is 6.27. The van der Waals surface area contributed by atoms with Gasteiger partial charge in [-0.1, -0.05) is 260 Å². The average molecular weight is 1090 g/mol. The van der Waals surface area contributed by atoms with Crippen LogP contribution in [0.15, 0.2) is 311 Å². The first kappa shape index (κ1) is 18.9. The summed E-state index contributed by atoms with van der Waals surface area (Å²) in [6.45, 7) is 0. The van der Waals surface area contributed by atoms with Gasteiger partial charge in [-0.2, -0.15) is 0 Å². The average Bonchev–Trinajstić information content (AvgIpc) is 1.34. The summed E-state index contributed by atoms with van der Waals surface area (Å²) >= 11 is 0. The van der Waals surface area contributed by atoms with Crippen LogP contribution in [0, 0.1) is 0 Å². The molecule has 0 atom stereocenters. The van der Waals surface area contributed by atoms with Gasteiger partial charge in [-0.3, -0.25) is 0 Å². The predicted molar refractivity (Wildman–Crippen MR) is 348 cm³/mol. The molecule has 17 rings (SSSR count). The van der Waals surface area contributed by atoms with Crippen LogP contribution in [0.2, 0.25) is 0 Å². The molecule has 0 unspecified atom stereocenters. The van der Waals surface area contributed by atoms with Gasteiger partial charge in [-0.05, 0) is 163 Å². The van der Waals surface area contributed by atoms with Gasteiger partial charge in [0.1, 0.15) is 22.3 Å². The second-order valence-electron chi connectivity index (χ2n) is 17.5. The molecule has 0 spiro atoms. The number of fused-ring (bicyclic) bond motifs is 11. The summed E-state index contributed by atoms with van der Waals surface area (Å²) in [5.74, 6) is 0. The Balaban J connectivity index is 0.000000193. The van der Waals surface area contributed by atoms with Gasteiger partial charge in [0.15, 0.2) is 0 Å². The standard InChI is InChI=1S/C42H26O.C38H24O/c1-2-11-27(12-3-1)28-21-22-30-26-31(24-23-29(30)25-28)40-32-13-4-6-15-34(32)41(35-16-7-5-14-33(35)40)37-18-10-20-39-42(37)36-17-8-9-19-38(36)43-39;1-2-12-25(13-3-1)26-14-10-15-27(24-26)36-28-16-4-6-18-30(28)37(31-19-7-5-17-29(31)36)33-21-11-23-35-38(33)32-20-8-9-22-34(32)39-35/h1-26H;1-24H/i1D,2D,3D,4D,5D,6D,7D,8D,9D,10D,11D,12D,13D,14D,15D,16D,17D,18D,19D,20D,21D,22D,23D,24D,25D,26D;1D,2D,3D,4D,5D,6D,7D,8D,9D,10D,11D,12D,13D,14D,15D,16D,17D,18D,19D,20D,21D,22D,23D,24D. The van der Waals surface area contributed by atoms with E-state index in [-0.39, 0.29) is 0 Å². The number of hydrogen-bond donors (Lipinski definition) is 0. The van der Waals surface area contributed by atoms with Crippen molar-refractivity contribution in [3.63, 3.8) is 0 Å². The van der Waals surface area contributed by atoms with Gasteiger partial charge in [0.25, 0.3) is 0 Å². The Morgan fingerprint density at radius 3 is 0.927 bits per heavy atom. The third kappa shape index (κ3) is 7.80. The first-order chi connectivity index (χ1) is 61.5. The molecule has 0 aliphatic carbocycles. The Labute approximate surface area is 544 Å². The largest absolute Gasteiger partial charge is 0.456 e. The molecule has 0 saturated carbocycles. The highest BCUT2D eigenvalue weighted by Crippen LogP contribution is 2.49. The van der Waals surface area contributed by atoms with Crippen molar-refractivity contribution in [3.05, 3.63) is 302 Å². The normalized spacial score (nSPS) is 20.2. The zero-order valence-electron chi connectivity index (χ0n) is 90.8. The van der Waals surface area contributed by atoms with Crippen molar-refractivity contribution in [1.82, 2.24) is 0 Å². The molecule has 0 radical (unpaired) electrons. The van der Waals surface area contributed by atoms with Crippen LogP contribution in [-0.4, -0.2) is 0 Å². The van der Waals surface area contributed by atoms with E-state index in [4.69, 9.17) is 54.1 Å². The zero-order chi connectivity index (χ0) is 97.6. The van der Waals surface area contributed by atoms with Crippen LogP contribution >= 0.6 is 0 Å². The SMILES string of the molecule is [2H]c1c([2H])c([2H])c(-c2c([2H])c([2H])c([2H])c(-c3c4c([2H])c([2H])c([2H])c([2H])c4c(-c4c([2H])c([2H])c([2H])c5oc6c([2H])c([2H])c([2H])c([2H])c6c45)c4c([2H])c([2H])c([2H])c([2H])c34)c2[2H])c([2H])c1[2H].[2H]c1c([2H])c([2H])c(-c2c([2H])c([2H])c3c([2H])c(-c4c5c([2H])c([2H])c([2H])c([2H])c5c(-c5c([2H])c([2H])c([2H])c6oc7c([2H])c([2H])c([2H])c([2H])c7c56)c5c([2H])c([2H])c([2H])c([2H])c45)c([2H])c([2H])c3c2[2H])c([2H])c1[2H]. The fourth-order valence-corrected chi connectivity index (χ4v) is 9.81. The zero-order valence-corrected chi connectivity index (χ0v) is 40.8. The first-order valence-corrected chi connectivity index (χ1v) is 24.1. The molecule has 17 aromatic rings. The Hall–Kier alpha value is -10.8. The summed E-state index contributed by atoms with van der Waals surface area (Å²) < 4.78 is 455. The van der Waals surface area contributed by atoms with Crippen LogP contribution in [0.4, 0.5) is 0 Å². The highest BCUT2D eigenvalue weighted by atomic mass is 16.3. The van der Waals surface area contributed by atoms with E-state index in [2.05, 4.69) is 0 Å². The number of furan rings is 2. The predicted octanol–water partition coefficient (Wildman–Crippen LogP) is 22.9. The molecule has 0 N–H and O–H groups in total. The summed E-state index contributed by atoms with van der Waals surface area (Å²) in [6, 6.07) is -45.3. The molecule has 0 fully saturated rings. The van der Waals surface area contributed by atoms with Crippen molar-refractivity contribution in [3.8, 4) is 66.8 Å². The van der Waals surface area contributed by atoms with Gasteiger partial charge < -0.3 is 8.83 Å². The van der Waals surface area contributed by atoms with Crippen molar-refractivity contribution >= 4 is 97.7 Å². The Morgan fingerprint density at radius 2 is 0.488 bits per heavy atom. The topological polar surface area (TPSA) is 26.3 Å². The van der Waals surface area contributed by atoms with Crippen LogP contribution < -0.4 is 0 Å². The van der Waals surface area contributed by atoms with Gasteiger partial charge in [-0.15, -0.1) is 0 Å². The van der Waals surface area contributed by atoms with Crippen LogP contribution in [0.5, 0.6) is 0 Å². The van der Waals surface area contributed by atoms with Crippen LogP contribution in [0.1, 0.15) is 68.5 Å². The molecule has 2 heteroatoms. The van der Waals surface area contributed by atoms with Gasteiger partial charge in [-0.25, -0.2) is 0 Å². The molecule has 0 aliphatic rings. The van der Waals surface area contributed by atoms with Crippen LogP contribution in [0.25, 0.3) is 165 Å². The molecule has 82 heavy (non-hydrogen) atoms. The maximum absolute atomic E-state index is 9.66. The fourth-order valence-electron chi connectivity index (χ4n) is 9.81. The third-order valence-electron chi connectivity index (χ3n) is 13.1. The summed E-state index contributed by atoms with van der Waals surface area (Å²) in [6.07, 6.45) is 0. The highest BCUT2D eigenvalue weighted by Gasteiger charge is 2.23. The molecule has 2 aromatic heterocycles. The van der Waals surface area contributed by atoms with Gasteiger partial charge in [0.2, 0.25) is 0 Å². The number of hydrogen-bond acceptors (Lipinski definition) is 2. The minimum atomic E-state index is -1.03. The maximum Gasteiger partial charge on any atom is 0.136 e. The van der Waals surface area contributed by atoms with Crippen LogP contribution in [0.3, 0.4) is 0 Å². The van der Waals surface area contributed by atoms with E-state index in [1.54, 1.807) is 0 Å². The fraction of sp³-hybridized carbons (Fsp3) is 0. The number of para-hydroxylation sites is 2. The number of benzene rings is 15. The molecule has 2 heterocycles. The molecular formula is C80H50O2. The maximum atomic E-state index is 9.66. The van der Waals surface area contributed by atoms with E-state index in [1.165, 1.54) is 0 Å². The Morgan fingerprint density at radius 1 is 0.195 bits per heavy atom. The minimum Gasteiger partial charge on any atom is -0.456 e. The minimum absolute atomic E-state index is 0.449. The molecule has 15 aromatic carbocycles. The lowest BCUT2D eigenvalue weighted by molar-refractivity contribution is 0.668. The molecule has 2 nitrogen and oxygen atoms in total. The van der Waals surface area contributed by atoms with E-state index < -0.39 is 467 Å². The van der Waals surface area contributed by atoms with Gasteiger partial charge in [0.05, 0.1) is 68.5 Å². The van der Waals surface area contributed by atoms with Crippen molar-refractivity contribution in [2.45, 2.75) is 0 Å². The molecular weight excluding hydrogens is 993 g/mol. The van der Waals surface area contributed by atoms with E-state index in [1.807, 2.05) is 0 Å². The van der Waals surface area contributed by atoms with Gasteiger partial charge in [0, 0.05) is 21.5 Å². The summed E-state index contributed by atoms with van der Waals surface area (Å²) in [5, 5.41) is -8.83. The second-order valence-corrected chi connectivity index (χ2v) is 17.5. The van der Waals surface area contributed by atoms with Gasteiger partial charge >= 0.3 is 0 Å². The smallest absolute Gasteiger partial charge is 0.136 e. The quantitative estimate of drug-likeness (QED) is 0.155. The number of rotatable bonds is 6. The summed E-state index contributed by atoms with van der Waals surface area (Å²) in [7, 11) is 0. The molecule has 0 saturated heterocycles. The molecule has 0 bridgehead atoms. The molecule has 0 aliphatic heterocycles. The van der Waals surface area contributed by atoms with E-state index >= 15 is 0 Å². The lowest BCUT2D eigenvalue weighted by Crippen LogP contribution is -1.91. The Bertz CT molecular complexity index is 8220. The van der Waals surface area contributed by atoms with Crippen molar-refractivity contribution in [2.24, 2.45) is 0 Å². The lowest BCUT2D eigenvalue weighted by Gasteiger charge is -2.18. The monoisotopic (exact) mass is 1090 g/mol. The van der Waals surface area contributed by atoms with Crippen molar-refractivity contribution in [1.29, 1.82) is 0 Å². The van der Waals surface area contributed by atoms with E-state index in [0.717, 1.165) is 0 Å². The second kappa shape index (κ2) is 19.5. The van der Waals surface area contributed by atoms with Crippen molar-refractivity contribution < 1.29 is 77.4 Å². The Kier molecular flexibility index (Phi) is 4.50. The molecule has 0 amide bonds. The van der Waals surface area contributed by atoms with Crippen molar-refractivity contribution in [2.75, 3.05) is 0 Å². The van der Waals surface area contributed by atoms with Crippen LogP contribution in [-0.2, 0) is 0 Å². The first-order valence-electron chi connectivity index (χ1n) is 49.1. The molecule has 382 valence electrons. The van der Waals surface area contributed by atoms with E-state index in [9.17, 15) is 23.3 Å². The summed E-state index contributed by atoms with van der Waals surface area (Å²) in [4.78, 5) is 0. The summed E-state index contributed by atoms with van der Waals surface area (Å²) in [5.41, 5.74) is -10.8. The van der Waals surface area contributed by atoms with E-state index in [0.29, 0.717) is 0 Å².